The summed E-state index contributed by atoms with van der Waals surface area (Å²) in [6.07, 6.45) is 7.79. The molecule has 0 saturated heterocycles. The number of furan rings is 1. The van der Waals surface area contributed by atoms with Crippen LogP contribution in [0.5, 0.6) is 0 Å². The van der Waals surface area contributed by atoms with E-state index in [9.17, 15) is 0 Å². The predicted octanol–water partition coefficient (Wildman–Crippen LogP) is 12.4. The van der Waals surface area contributed by atoms with Gasteiger partial charge in [-0.1, -0.05) is 116 Å². The first kappa shape index (κ1) is 29.1. The molecule has 1 aliphatic carbocycles. The Hall–Kier alpha value is -6.72. The SMILES string of the molecule is CC1CC=CC=C1n1c2ccccc2c2c3c4ccccc4n(-c4ccccc4-c4nc(-c5ccccc5)c5c(n4)oc4ccccc45)c3ccc21. The number of hydrogen-bond donors (Lipinski definition) is 0. The summed E-state index contributed by atoms with van der Waals surface area (Å²) < 4.78 is 11.3. The van der Waals surface area contributed by atoms with Crippen LogP contribution >= 0.6 is 0 Å². The van der Waals surface area contributed by atoms with E-state index in [0.29, 0.717) is 17.5 Å². The standard InChI is InChI=1S/C47H32N4O/c1-29-15-5-10-22-35(29)50-36-23-11-6-18-31(36)42-39(50)27-28-40-43(42)32-19-7-12-24-37(32)51(40)38-25-13-8-20-33(38)46-48-45(30-16-3-2-4-17-30)44-34-21-9-14-26-41(34)52-47(44)49-46/h2-14,16-29H,15H2,1H3. The van der Waals surface area contributed by atoms with E-state index in [0.717, 1.165) is 56.3 Å². The Morgan fingerprint density at radius 1 is 0.577 bits per heavy atom. The number of benzene rings is 6. The van der Waals surface area contributed by atoms with Gasteiger partial charge in [-0.3, -0.25) is 0 Å². The lowest BCUT2D eigenvalue weighted by atomic mass is 9.98. The molecule has 4 aromatic heterocycles. The number of hydrogen-bond acceptors (Lipinski definition) is 3. The maximum atomic E-state index is 6.43. The van der Waals surface area contributed by atoms with E-state index in [1.54, 1.807) is 0 Å². The maximum absolute atomic E-state index is 6.43. The molecule has 0 aliphatic heterocycles. The predicted molar refractivity (Wildman–Crippen MR) is 215 cm³/mol. The lowest BCUT2D eigenvalue weighted by Crippen LogP contribution is -2.07. The smallest absolute Gasteiger partial charge is 0.231 e. The lowest BCUT2D eigenvalue weighted by molar-refractivity contribution is 0.653. The van der Waals surface area contributed by atoms with E-state index in [-0.39, 0.29) is 0 Å². The Kier molecular flexibility index (Phi) is 6.23. The molecule has 0 fully saturated rings. The first-order chi connectivity index (χ1) is 25.7. The van der Waals surface area contributed by atoms with Crippen molar-refractivity contribution < 1.29 is 4.42 Å². The van der Waals surface area contributed by atoms with Crippen LogP contribution in [0.3, 0.4) is 0 Å². The van der Waals surface area contributed by atoms with Crippen molar-refractivity contribution in [3.05, 3.63) is 158 Å². The topological polar surface area (TPSA) is 48.8 Å². The number of aromatic nitrogens is 4. The average Bonchev–Trinajstić information content (AvgIpc) is 3.86. The number of rotatable bonds is 4. The van der Waals surface area contributed by atoms with Crippen LogP contribution in [0.25, 0.3) is 99.7 Å². The minimum absolute atomic E-state index is 0.415. The van der Waals surface area contributed by atoms with Gasteiger partial charge in [-0.15, -0.1) is 0 Å². The third kappa shape index (κ3) is 4.11. The molecule has 0 saturated carbocycles. The Bertz CT molecular complexity index is 3120. The quantitative estimate of drug-likeness (QED) is 0.187. The van der Waals surface area contributed by atoms with E-state index in [2.05, 4.69) is 150 Å². The zero-order valence-corrected chi connectivity index (χ0v) is 28.5. The van der Waals surface area contributed by atoms with Crippen LogP contribution in [0.1, 0.15) is 13.3 Å². The van der Waals surface area contributed by atoms with Gasteiger partial charge in [0, 0.05) is 49.7 Å². The summed E-state index contributed by atoms with van der Waals surface area (Å²) in [5, 5.41) is 6.93. The van der Waals surface area contributed by atoms with Crippen molar-refractivity contribution in [2.45, 2.75) is 13.3 Å². The highest BCUT2D eigenvalue weighted by Crippen LogP contribution is 2.45. The summed E-state index contributed by atoms with van der Waals surface area (Å²) in [6, 6.07) is 49.2. The molecule has 52 heavy (non-hydrogen) atoms. The van der Waals surface area contributed by atoms with Crippen LogP contribution in [-0.2, 0) is 0 Å². The molecule has 246 valence electrons. The second kappa shape index (κ2) is 11.1. The minimum atomic E-state index is 0.415. The monoisotopic (exact) mass is 668 g/mol. The molecule has 11 rings (SSSR count). The summed E-state index contributed by atoms with van der Waals surface area (Å²) in [4.78, 5) is 10.5. The van der Waals surface area contributed by atoms with Gasteiger partial charge < -0.3 is 13.6 Å². The molecule has 0 amide bonds. The summed E-state index contributed by atoms with van der Waals surface area (Å²) in [5.41, 5.74) is 11.3. The molecular weight excluding hydrogens is 637 g/mol. The molecule has 0 spiro atoms. The highest BCUT2D eigenvalue weighted by molar-refractivity contribution is 6.29. The fraction of sp³-hybridized carbons (Fsp3) is 0.0638. The van der Waals surface area contributed by atoms with E-state index in [1.807, 2.05) is 24.3 Å². The Morgan fingerprint density at radius 3 is 1.98 bits per heavy atom. The Labute approximate surface area is 299 Å². The van der Waals surface area contributed by atoms with Crippen LogP contribution in [0.15, 0.2) is 162 Å². The maximum Gasteiger partial charge on any atom is 0.231 e. The average molecular weight is 669 g/mol. The van der Waals surface area contributed by atoms with Crippen LogP contribution in [-0.4, -0.2) is 19.1 Å². The van der Waals surface area contributed by atoms with E-state index >= 15 is 0 Å². The Balaban J connectivity index is 1.22. The zero-order chi connectivity index (χ0) is 34.3. The summed E-state index contributed by atoms with van der Waals surface area (Å²) in [6.45, 7) is 2.32. The molecule has 0 N–H and O–H groups in total. The van der Waals surface area contributed by atoms with Gasteiger partial charge in [0.15, 0.2) is 5.82 Å². The second-order valence-electron chi connectivity index (χ2n) is 13.8. The van der Waals surface area contributed by atoms with Crippen LogP contribution in [0.4, 0.5) is 0 Å². The molecule has 0 bridgehead atoms. The van der Waals surface area contributed by atoms with Crippen molar-refractivity contribution in [1.29, 1.82) is 0 Å². The molecular formula is C47H32N4O. The second-order valence-corrected chi connectivity index (χ2v) is 13.8. The highest BCUT2D eigenvalue weighted by Gasteiger charge is 2.25. The van der Waals surface area contributed by atoms with E-state index < -0.39 is 0 Å². The summed E-state index contributed by atoms with van der Waals surface area (Å²) in [5.74, 6) is 1.04. The van der Waals surface area contributed by atoms with Gasteiger partial charge in [0.1, 0.15) is 5.58 Å². The molecule has 1 unspecified atom stereocenters. The van der Waals surface area contributed by atoms with Gasteiger partial charge in [-0.25, -0.2) is 4.98 Å². The third-order valence-electron chi connectivity index (χ3n) is 10.8. The molecule has 4 heterocycles. The van der Waals surface area contributed by atoms with Crippen molar-refractivity contribution in [3.63, 3.8) is 0 Å². The number of allylic oxidation sites excluding steroid dienone is 4. The van der Waals surface area contributed by atoms with E-state index in [4.69, 9.17) is 14.4 Å². The molecule has 1 atom stereocenters. The number of fused-ring (bicyclic) bond motifs is 10. The first-order valence-corrected chi connectivity index (χ1v) is 17.9. The van der Waals surface area contributed by atoms with E-state index in [1.165, 1.54) is 38.3 Å². The fourth-order valence-corrected chi connectivity index (χ4v) is 8.49. The van der Waals surface area contributed by atoms with Crippen LogP contribution in [0, 0.1) is 5.92 Å². The lowest BCUT2D eigenvalue weighted by Gasteiger charge is -2.20. The highest BCUT2D eigenvalue weighted by atomic mass is 16.3. The van der Waals surface area contributed by atoms with Crippen molar-refractivity contribution in [3.8, 4) is 28.3 Å². The zero-order valence-electron chi connectivity index (χ0n) is 28.5. The Morgan fingerprint density at radius 2 is 1.21 bits per heavy atom. The van der Waals surface area contributed by atoms with Crippen molar-refractivity contribution in [2.24, 2.45) is 5.92 Å². The van der Waals surface area contributed by atoms with Gasteiger partial charge in [0.05, 0.1) is 38.8 Å². The van der Waals surface area contributed by atoms with Crippen molar-refractivity contribution >= 4 is 71.4 Å². The first-order valence-electron chi connectivity index (χ1n) is 17.9. The molecule has 5 nitrogen and oxygen atoms in total. The van der Waals surface area contributed by atoms with Crippen LogP contribution < -0.4 is 0 Å². The van der Waals surface area contributed by atoms with Crippen molar-refractivity contribution in [2.75, 3.05) is 0 Å². The normalized spacial score (nSPS) is 14.8. The van der Waals surface area contributed by atoms with Crippen molar-refractivity contribution in [1.82, 2.24) is 19.1 Å². The number of para-hydroxylation sites is 4. The molecule has 6 aromatic carbocycles. The molecule has 5 heteroatoms. The van der Waals surface area contributed by atoms with Crippen LogP contribution in [0.2, 0.25) is 0 Å². The molecule has 0 radical (unpaired) electrons. The largest absolute Gasteiger partial charge is 0.438 e. The van der Waals surface area contributed by atoms with Gasteiger partial charge >= 0.3 is 0 Å². The third-order valence-corrected chi connectivity index (χ3v) is 10.8. The fourth-order valence-electron chi connectivity index (χ4n) is 8.49. The molecule has 10 aromatic rings. The minimum Gasteiger partial charge on any atom is -0.438 e. The van der Waals surface area contributed by atoms with Gasteiger partial charge in [-0.05, 0) is 55.0 Å². The van der Waals surface area contributed by atoms with Gasteiger partial charge in [0.25, 0.3) is 0 Å². The van der Waals surface area contributed by atoms with Gasteiger partial charge in [0.2, 0.25) is 5.71 Å². The van der Waals surface area contributed by atoms with Gasteiger partial charge in [-0.2, -0.15) is 4.98 Å². The molecule has 1 aliphatic rings. The summed E-state index contributed by atoms with van der Waals surface area (Å²) >= 11 is 0. The summed E-state index contributed by atoms with van der Waals surface area (Å²) in [7, 11) is 0. The number of nitrogens with zero attached hydrogens (tertiary/aromatic N) is 4.